The summed E-state index contributed by atoms with van der Waals surface area (Å²) in [6.07, 6.45) is 3.39. The van der Waals surface area contributed by atoms with E-state index in [-0.39, 0.29) is 11.3 Å². The average Bonchev–Trinajstić information content (AvgIpc) is 2.53. The van der Waals surface area contributed by atoms with Crippen LogP contribution in [0.4, 0.5) is 11.5 Å². The highest BCUT2D eigenvalue weighted by Gasteiger charge is 2.14. The molecule has 1 aromatic carbocycles. The lowest BCUT2D eigenvalue weighted by Crippen LogP contribution is -2.14. The van der Waals surface area contributed by atoms with Crippen molar-refractivity contribution in [1.82, 2.24) is 4.98 Å². The first kappa shape index (κ1) is 16.7. The second-order valence-corrected chi connectivity index (χ2v) is 6.38. The molecule has 0 spiro atoms. The quantitative estimate of drug-likeness (QED) is 0.813. The number of nitrogens with zero attached hydrogens (tertiary/aromatic N) is 1. The number of aromatic nitrogens is 1. The van der Waals surface area contributed by atoms with E-state index in [0.717, 1.165) is 5.82 Å². The number of carbonyl (C=O) groups excluding carboxylic acids is 1. The summed E-state index contributed by atoms with van der Waals surface area (Å²) in [6, 6.07) is 11.3. The molecule has 0 atom stereocenters. The fourth-order valence-electron chi connectivity index (χ4n) is 2.07. The van der Waals surface area contributed by atoms with E-state index >= 15 is 0 Å². The molecule has 2 aromatic rings. The highest BCUT2D eigenvalue weighted by molar-refractivity contribution is 6.04. The van der Waals surface area contributed by atoms with Gasteiger partial charge in [0.2, 0.25) is 0 Å². The van der Waals surface area contributed by atoms with Gasteiger partial charge in [0.05, 0.1) is 11.9 Å². The molecular formula is C19H23N3O. The van der Waals surface area contributed by atoms with Gasteiger partial charge in [0, 0.05) is 12.1 Å². The second-order valence-electron chi connectivity index (χ2n) is 6.38. The van der Waals surface area contributed by atoms with Crippen LogP contribution < -0.4 is 10.6 Å². The SMILES string of the molecule is C=CCNc1ccc(NC(=O)c2ccc(C(C)(C)C)cc2)cn1. The minimum Gasteiger partial charge on any atom is -0.367 e. The van der Waals surface area contributed by atoms with Gasteiger partial charge < -0.3 is 10.6 Å². The van der Waals surface area contributed by atoms with Gasteiger partial charge in [0.1, 0.15) is 5.82 Å². The van der Waals surface area contributed by atoms with E-state index in [2.05, 4.69) is 43.0 Å². The molecule has 0 saturated heterocycles. The van der Waals surface area contributed by atoms with Gasteiger partial charge in [-0.3, -0.25) is 4.79 Å². The number of amides is 1. The molecule has 2 rings (SSSR count). The first-order chi connectivity index (χ1) is 10.9. The summed E-state index contributed by atoms with van der Waals surface area (Å²) >= 11 is 0. The predicted octanol–water partition coefficient (Wildman–Crippen LogP) is 4.23. The lowest BCUT2D eigenvalue weighted by Gasteiger charge is -2.19. The van der Waals surface area contributed by atoms with E-state index in [9.17, 15) is 4.79 Å². The summed E-state index contributed by atoms with van der Waals surface area (Å²) < 4.78 is 0. The lowest BCUT2D eigenvalue weighted by atomic mass is 9.87. The number of rotatable bonds is 5. The molecule has 0 saturated carbocycles. The molecule has 4 heteroatoms. The Hall–Kier alpha value is -2.62. The molecule has 1 heterocycles. The summed E-state index contributed by atoms with van der Waals surface area (Å²) in [5.74, 6) is 0.608. The van der Waals surface area contributed by atoms with Gasteiger partial charge >= 0.3 is 0 Å². The molecule has 120 valence electrons. The minimum absolute atomic E-state index is 0.0766. The van der Waals surface area contributed by atoms with Gasteiger partial charge in [0.15, 0.2) is 0 Å². The largest absolute Gasteiger partial charge is 0.367 e. The smallest absolute Gasteiger partial charge is 0.255 e. The number of benzene rings is 1. The Bertz CT molecular complexity index is 667. The van der Waals surface area contributed by atoms with Crippen molar-refractivity contribution in [2.45, 2.75) is 26.2 Å². The normalized spacial score (nSPS) is 10.9. The molecule has 23 heavy (non-hydrogen) atoms. The molecule has 0 aliphatic rings. The van der Waals surface area contributed by atoms with Crippen LogP contribution in [0, 0.1) is 0 Å². The summed E-state index contributed by atoms with van der Waals surface area (Å²) in [6.45, 7) is 10.7. The molecule has 0 radical (unpaired) electrons. The van der Waals surface area contributed by atoms with Crippen molar-refractivity contribution in [2.24, 2.45) is 0 Å². The third-order valence-corrected chi connectivity index (χ3v) is 3.46. The number of hydrogen-bond acceptors (Lipinski definition) is 3. The summed E-state index contributed by atoms with van der Waals surface area (Å²) in [5.41, 5.74) is 2.58. The van der Waals surface area contributed by atoms with Crippen LogP contribution in [0.5, 0.6) is 0 Å². The summed E-state index contributed by atoms with van der Waals surface area (Å²) in [5, 5.41) is 5.94. The Labute approximate surface area is 137 Å². The van der Waals surface area contributed by atoms with Crippen LogP contribution in [0.2, 0.25) is 0 Å². The Morgan fingerprint density at radius 3 is 2.39 bits per heavy atom. The van der Waals surface area contributed by atoms with Crippen LogP contribution in [0.15, 0.2) is 55.3 Å². The first-order valence-electron chi connectivity index (χ1n) is 7.63. The van der Waals surface area contributed by atoms with Crippen molar-refractivity contribution in [1.29, 1.82) is 0 Å². The third-order valence-electron chi connectivity index (χ3n) is 3.46. The molecule has 0 unspecified atom stereocenters. The Kier molecular flexibility index (Phi) is 5.16. The van der Waals surface area contributed by atoms with E-state index in [1.807, 2.05) is 36.4 Å². The Balaban J connectivity index is 2.02. The number of hydrogen-bond donors (Lipinski definition) is 2. The maximum atomic E-state index is 12.3. The number of carbonyl (C=O) groups is 1. The average molecular weight is 309 g/mol. The molecule has 1 amide bonds. The third kappa shape index (κ3) is 4.68. The highest BCUT2D eigenvalue weighted by Crippen LogP contribution is 2.22. The van der Waals surface area contributed by atoms with E-state index < -0.39 is 0 Å². The van der Waals surface area contributed by atoms with Crippen LogP contribution >= 0.6 is 0 Å². The zero-order valence-corrected chi connectivity index (χ0v) is 13.9. The molecule has 1 aromatic heterocycles. The Morgan fingerprint density at radius 2 is 1.87 bits per heavy atom. The van der Waals surface area contributed by atoms with Crippen molar-refractivity contribution in [3.8, 4) is 0 Å². The lowest BCUT2D eigenvalue weighted by molar-refractivity contribution is 0.102. The van der Waals surface area contributed by atoms with Crippen molar-refractivity contribution < 1.29 is 4.79 Å². The fourth-order valence-corrected chi connectivity index (χ4v) is 2.07. The van der Waals surface area contributed by atoms with Gasteiger partial charge in [0.25, 0.3) is 5.91 Å². The van der Waals surface area contributed by atoms with E-state index in [4.69, 9.17) is 0 Å². The molecule has 4 nitrogen and oxygen atoms in total. The molecule has 0 aliphatic carbocycles. The zero-order valence-electron chi connectivity index (χ0n) is 13.9. The van der Waals surface area contributed by atoms with Crippen LogP contribution in [0.1, 0.15) is 36.7 Å². The first-order valence-corrected chi connectivity index (χ1v) is 7.63. The molecule has 0 aliphatic heterocycles. The van der Waals surface area contributed by atoms with Crippen molar-refractivity contribution in [3.05, 3.63) is 66.4 Å². The molecule has 0 fully saturated rings. The van der Waals surface area contributed by atoms with Gasteiger partial charge in [-0.2, -0.15) is 0 Å². The monoisotopic (exact) mass is 309 g/mol. The fraction of sp³-hybridized carbons (Fsp3) is 0.263. The zero-order chi connectivity index (χ0) is 16.9. The van der Waals surface area contributed by atoms with Crippen molar-refractivity contribution >= 4 is 17.4 Å². The van der Waals surface area contributed by atoms with Crippen LogP contribution in [-0.2, 0) is 5.41 Å². The van der Waals surface area contributed by atoms with Crippen LogP contribution in [0.25, 0.3) is 0 Å². The van der Waals surface area contributed by atoms with Gasteiger partial charge in [-0.1, -0.05) is 39.0 Å². The standard InChI is InChI=1S/C19H23N3O/c1-5-12-20-17-11-10-16(13-21-17)22-18(23)14-6-8-15(9-7-14)19(2,3)4/h5-11,13H,1,12H2,2-4H3,(H,20,21)(H,22,23). The van der Waals surface area contributed by atoms with Crippen molar-refractivity contribution in [2.75, 3.05) is 17.2 Å². The van der Waals surface area contributed by atoms with Crippen LogP contribution in [-0.4, -0.2) is 17.4 Å². The maximum absolute atomic E-state index is 12.3. The predicted molar refractivity (Wildman–Crippen MR) is 96.0 cm³/mol. The van der Waals surface area contributed by atoms with E-state index in [1.165, 1.54) is 5.56 Å². The molecule has 0 bridgehead atoms. The molecular weight excluding hydrogens is 286 g/mol. The molecule has 2 N–H and O–H groups in total. The van der Waals surface area contributed by atoms with Crippen molar-refractivity contribution in [3.63, 3.8) is 0 Å². The minimum atomic E-state index is -0.140. The van der Waals surface area contributed by atoms with Crippen LogP contribution in [0.3, 0.4) is 0 Å². The van der Waals surface area contributed by atoms with E-state index in [0.29, 0.717) is 17.8 Å². The van der Waals surface area contributed by atoms with Gasteiger partial charge in [-0.05, 0) is 35.2 Å². The number of anilines is 2. The summed E-state index contributed by atoms with van der Waals surface area (Å²) in [7, 11) is 0. The summed E-state index contributed by atoms with van der Waals surface area (Å²) in [4.78, 5) is 16.5. The second kappa shape index (κ2) is 7.09. The number of pyridine rings is 1. The Morgan fingerprint density at radius 1 is 1.17 bits per heavy atom. The number of nitrogens with one attached hydrogen (secondary N) is 2. The van der Waals surface area contributed by atoms with E-state index in [1.54, 1.807) is 12.3 Å². The van der Waals surface area contributed by atoms with Gasteiger partial charge in [-0.15, -0.1) is 6.58 Å². The maximum Gasteiger partial charge on any atom is 0.255 e. The van der Waals surface area contributed by atoms with Gasteiger partial charge in [-0.25, -0.2) is 4.98 Å². The topological polar surface area (TPSA) is 54.0 Å². The highest BCUT2D eigenvalue weighted by atomic mass is 16.1.